The van der Waals surface area contributed by atoms with Crippen LogP contribution < -0.4 is 10.1 Å². The lowest BCUT2D eigenvalue weighted by atomic mass is 10.1. The van der Waals surface area contributed by atoms with E-state index in [-0.39, 0.29) is 0 Å². The summed E-state index contributed by atoms with van der Waals surface area (Å²) in [5.74, 6) is 1.13. The van der Waals surface area contributed by atoms with Crippen molar-refractivity contribution < 1.29 is 4.74 Å². The summed E-state index contributed by atoms with van der Waals surface area (Å²) in [6.45, 7) is 4.53. The molecule has 0 radical (unpaired) electrons. The van der Waals surface area contributed by atoms with Crippen LogP contribution in [0.1, 0.15) is 17.7 Å². The molecule has 0 bridgehead atoms. The molecule has 5 heteroatoms. The van der Waals surface area contributed by atoms with Gasteiger partial charge in [0.1, 0.15) is 11.6 Å². The van der Waals surface area contributed by atoms with Crippen molar-refractivity contribution >= 4 is 0 Å². The van der Waals surface area contributed by atoms with Gasteiger partial charge in [-0.15, -0.1) is 0 Å². The number of ether oxygens (including phenoxy) is 1. The molecule has 1 aromatic heterocycles. The van der Waals surface area contributed by atoms with E-state index in [4.69, 9.17) is 10.00 Å². The van der Waals surface area contributed by atoms with Crippen LogP contribution in [0, 0.1) is 24.2 Å². The maximum absolute atomic E-state index is 9.01. The smallest absolute Gasteiger partial charge is 0.230 e. The van der Waals surface area contributed by atoms with Gasteiger partial charge in [-0.25, -0.2) is 4.68 Å². The molecule has 1 saturated heterocycles. The number of hydrogen-bond acceptors (Lipinski definition) is 4. The first-order valence-electron chi connectivity index (χ1n) is 5.49. The van der Waals surface area contributed by atoms with Crippen LogP contribution in [-0.2, 0) is 7.05 Å². The minimum Gasteiger partial charge on any atom is -0.477 e. The molecule has 0 saturated carbocycles. The molecule has 1 fully saturated rings. The lowest BCUT2D eigenvalue weighted by Gasteiger charge is -2.10. The van der Waals surface area contributed by atoms with Crippen molar-refractivity contribution in [3.05, 3.63) is 11.3 Å². The van der Waals surface area contributed by atoms with Crippen molar-refractivity contribution in [1.82, 2.24) is 15.1 Å². The first kappa shape index (κ1) is 11.0. The third kappa shape index (κ3) is 2.02. The van der Waals surface area contributed by atoms with Gasteiger partial charge in [0, 0.05) is 19.5 Å². The van der Waals surface area contributed by atoms with E-state index in [9.17, 15) is 0 Å². The van der Waals surface area contributed by atoms with Crippen molar-refractivity contribution in [3.8, 4) is 11.9 Å². The van der Waals surface area contributed by atoms with Gasteiger partial charge in [-0.1, -0.05) is 0 Å². The Morgan fingerprint density at radius 3 is 3.12 bits per heavy atom. The Labute approximate surface area is 95.0 Å². The number of rotatable bonds is 3. The molecule has 1 aliphatic heterocycles. The zero-order valence-electron chi connectivity index (χ0n) is 9.66. The van der Waals surface area contributed by atoms with Gasteiger partial charge in [-0.2, -0.15) is 10.4 Å². The molecular weight excluding hydrogens is 204 g/mol. The van der Waals surface area contributed by atoms with Gasteiger partial charge >= 0.3 is 0 Å². The van der Waals surface area contributed by atoms with Crippen molar-refractivity contribution in [2.75, 3.05) is 19.7 Å². The highest BCUT2D eigenvalue weighted by Crippen LogP contribution is 2.21. The average Bonchev–Trinajstić information content (AvgIpc) is 2.83. The Hall–Kier alpha value is -1.54. The Morgan fingerprint density at radius 2 is 2.50 bits per heavy atom. The molecule has 1 aliphatic rings. The number of nitriles is 1. The largest absolute Gasteiger partial charge is 0.477 e. The zero-order valence-corrected chi connectivity index (χ0v) is 9.66. The number of aryl methyl sites for hydroxylation is 2. The van der Waals surface area contributed by atoms with E-state index in [1.165, 1.54) is 0 Å². The fraction of sp³-hybridized carbons (Fsp3) is 0.636. The highest BCUT2D eigenvalue weighted by atomic mass is 16.5. The minimum absolute atomic E-state index is 0.543. The van der Waals surface area contributed by atoms with Crippen molar-refractivity contribution in [1.29, 1.82) is 5.26 Å². The third-order valence-corrected chi connectivity index (χ3v) is 2.90. The molecule has 0 amide bonds. The zero-order chi connectivity index (χ0) is 11.5. The summed E-state index contributed by atoms with van der Waals surface area (Å²) >= 11 is 0. The molecule has 5 nitrogen and oxygen atoms in total. The lowest BCUT2D eigenvalue weighted by molar-refractivity contribution is 0.240. The summed E-state index contributed by atoms with van der Waals surface area (Å²) in [6, 6.07) is 2.14. The summed E-state index contributed by atoms with van der Waals surface area (Å²) in [7, 11) is 1.80. The molecule has 0 aromatic carbocycles. The lowest BCUT2D eigenvalue weighted by Crippen LogP contribution is -2.16. The van der Waals surface area contributed by atoms with Gasteiger partial charge in [0.25, 0.3) is 0 Å². The van der Waals surface area contributed by atoms with E-state index in [2.05, 4.69) is 16.5 Å². The van der Waals surface area contributed by atoms with E-state index >= 15 is 0 Å². The predicted molar refractivity (Wildman–Crippen MR) is 59.1 cm³/mol. The second kappa shape index (κ2) is 4.54. The Kier molecular flexibility index (Phi) is 3.11. The highest BCUT2D eigenvalue weighted by Gasteiger charge is 2.19. The van der Waals surface area contributed by atoms with Crippen LogP contribution in [0.5, 0.6) is 5.88 Å². The molecule has 86 valence electrons. The average molecular weight is 220 g/mol. The quantitative estimate of drug-likeness (QED) is 0.809. The van der Waals surface area contributed by atoms with Gasteiger partial charge in [0.2, 0.25) is 5.88 Å². The standard InChI is InChI=1S/C11H16N4O/c1-8-10(5-12)11(15(2)14-8)16-7-9-3-4-13-6-9/h9,13H,3-4,6-7H2,1-2H3. The van der Waals surface area contributed by atoms with Crippen LogP contribution in [0.25, 0.3) is 0 Å². The summed E-state index contributed by atoms with van der Waals surface area (Å²) in [6.07, 6.45) is 1.14. The Balaban J connectivity index is 2.06. The molecule has 2 heterocycles. The number of nitrogens with zero attached hydrogens (tertiary/aromatic N) is 3. The van der Waals surface area contributed by atoms with Crippen LogP contribution in [0.3, 0.4) is 0 Å². The molecule has 1 atom stereocenters. The maximum atomic E-state index is 9.01. The van der Waals surface area contributed by atoms with E-state index in [1.807, 2.05) is 6.92 Å². The normalized spacial score (nSPS) is 19.7. The van der Waals surface area contributed by atoms with Crippen molar-refractivity contribution in [2.24, 2.45) is 13.0 Å². The van der Waals surface area contributed by atoms with E-state index in [0.717, 1.165) is 25.2 Å². The van der Waals surface area contributed by atoms with Crippen molar-refractivity contribution in [2.45, 2.75) is 13.3 Å². The van der Waals surface area contributed by atoms with E-state index < -0.39 is 0 Å². The van der Waals surface area contributed by atoms with Gasteiger partial charge in [0.05, 0.1) is 12.3 Å². The highest BCUT2D eigenvalue weighted by molar-refractivity contribution is 5.41. The SMILES string of the molecule is Cc1nn(C)c(OCC2CCNC2)c1C#N. The van der Waals surface area contributed by atoms with E-state index in [0.29, 0.717) is 24.0 Å². The van der Waals surface area contributed by atoms with Gasteiger partial charge < -0.3 is 10.1 Å². The third-order valence-electron chi connectivity index (χ3n) is 2.90. The summed E-state index contributed by atoms with van der Waals surface area (Å²) in [5.41, 5.74) is 1.28. The first-order valence-corrected chi connectivity index (χ1v) is 5.49. The molecule has 1 aromatic rings. The van der Waals surface area contributed by atoms with Crippen LogP contribution in [0.4, 0.5) is 0 Å². The van der Waals surface area contributed by atoms with Crippen LogP contribution >= 0.6 is 0 Å². The Bertz CT molecular complexity index is 412. The number of hydrogen-bond donors (Lipinski definition) is 1. The van der Waals surface area contributed by atoms with Gasteiger partial charge in [-0.3, -0.25) is 0 Å². The monoisotopic (exact) mass is 220 g/mol. The molecule has 0 aliphatic carbocycles. The molecular formula is C11H16N4O. The summed E-state index contributed by atoms with van der Waals surface area (Å²) < 4.78 is 7.34. The van der Waals surface area contributed by atoms with Gasteiger partial charge in [0.15, 0.2) is 0 Å². The molecule has 1 unspecified atom stereocenters. The summed E-state index contributed by atoms with van der Waals surface area (Å²) in [5, 5.41) is 16.5. The molecule has 2 rings (SSSR count). The fourth-order valence-electron chi connectivity index (χ4n) is 1.98. The predicted octanol–water partition coefficient (Wildman–Crippen LogP) is 0.588. The molecule has 0 spiro atoms. The topological polar surface area (TPSA) is 62.9 Å². The van der Waals surface area contributed by atoms with Crippen molar-refractivity contribution in [3.63, 3.8) is 0 Å². The number of aromatic nitrogens is 2. The molecule has 16 heavy (non-hydrogen) atoms. The van der Waals surface area contributed by atoms with Gasteiger partial charge in [-0.05, 0) is 19.9 Å². The number of nitrogens with one attached hydrogen (secondary N) is 1. The van der Waals surface area contributed by atoms with Crippen LogP contribution in [0.15, 0.2) is 0 Å². The minimum atomic E-state index is 0.543. The Morgan fingerprint density at radius 1 is 1.69 bits per heavy atom. The fourth-order valence-corrected chi connectivity index (χ4v) is 1.98. The second-order valence-electron chi connectivity index (χ2n) is 4.17. The second-order valence-corrected chi connectivity index (χ2v) is 4.17. The van der Waals surface area contributed by atoms with Crippen LogP contribution in [-0.4, -0.2) is 29.5 Å². The maximum Gasteiger partial charge on any atom is 0.230 e. The summed E-state index contributed by atoms with van der Waals surface area (Å²) in [4.78, 5) is 0. The molecule has 1 N–H and O–H groups in total. The van der Waals surface area contributed by atoms with Crippen LogP contribution in [0.2, 0.25) is 0 Å². The van der Waals surface area contributed by atoms with E-state index in [1.54, 1.807) is 11.7 Å². The first-order chi connectivity index (χ1) is 7.72.